The number of hydrogen-bond acceptors (Lipinski definition) is 4. The minimum absolute atomic E-state index is 0.172. The van der Waals surface area contributed by atoms with Crippen molar-refractivity contribution >= 4 is 17.7 Å². The van der Waals surface area contributed by atoms with Gasteiger partial charge in [-0.3, -0.25) is 0 Å². The number of piperidine rings is 1. The fourth-order valence-electron chi connectivity index (χ4n) is 2.43. The van der Waals surface area contributed by atoms with Crippen LogP contribution in [0.5, 0.6) is 0 Å². The molecule has 1 N–H and O–H groups in total. The fourth-order valence-corrected chi connectivity index (χ4v) is 2.55. The molecule has 122 valence electrons. The number of ether oxygens (including phenoxy) is 1. The molecule has 22 heavy (non-hydrogen) atoms. The van der Waals surface area contributed by atoms with Crippen LogP contribution in [-0.4, -0.2) is 41.7 Å². The van der Waals surface area contributed by atoms with E-state index in [1.54, 1.807) is 17.2 Å². The lowest BCUT2D eigenvalue weighted by Crippen LogP contribution is -2.45. The molecule has 1 fully saturated rings. The van der Waals surface area contributed by atoms with Crippen LogP contribution in [-0.2, 0) is 11.3 Å². The Kier molecular flexibility index (Phi) is 6.93. The summed E-state index contributed by atoms with van der Waals surface area (Å²) in [6.07, 6.45) is 5.48. The molecular formula is C16H24ClN3O2. The first kappa shape index (κ1) is 17.0. The maximum atomic E-state index is 11.9. The second kappa shape index (κ2) is 8.96. The van der Waals surface area contributed by atoms with Crippen molar-refractivity contribution in [3.63, 3.8) is 0 Å². The molecule has 0 spiro atoms. The number of halogens is 1. The summed E-state index contributed by atoms with van der Waals surface area (Å²) in [5.41, 5.74) is 1.12. The van der Waals surface area contributed by atoms with Gasteiger partial charge in [-0.25, -0.2) is 9.78 Å². The van der Waals surface area contributed by atoms with Crippen LogP contribution in [0.2, 0.25) is 5.15 Å². The summed E-state index contributed by atoms with van der Waals surface area (Å²) in [5, 5.41) is 4.02. The third kappa shape index (κ3) is 5.46. The molecule has 1 aromatic heterocycles. The molecule has 6 heteroatoms. The molecule has 1 amide bonds. The summed E-state index contributed by atoms with van der Waals surface area (Å²) in [7, 11) is 0. The molecule has 5 nitrogen and oxygen atoms in total. The minimum Gasteiger partial charge on any atom is -0.449 e. The van der Waals surface area contributed by atoms with Crippen LogP contribution in [0.4, 0.5) is 4.79 Å². The molecular weight excluding hydrogens is 302 g/mol. The predicted molar refractivity (Wildman–Crippen MR) is 86.9 cm³/mol. The van der Waals surface area contributed by atoms with Gasteiger partial charge in [0.05, 0.1) is 6.61 Å². The lowest BCUT2D eigenvalue weighted by molar-refractivity contribution is 0.0897. The molecule has 1 aromatic rings. The van der Waals surface area contributed by atoms with Gasteiger partial charge in [-0.1, -0.05) is 31.0 Å². The van der Waals surface area contributed by atoms with Gasteiger partial charge in [-0.05, 0) is 30.9 Å². The number of amides is 1. The third-order valence-electron chi connectivity index (χ3n) is 3.86. The molecule has 0 atom stereocenters. The average molecular weight is 326 g/mol. The van der Waals surface area contributed by atoms with E-state index in [9.17, 15) is 4.79 Å². The molecule has 0 saturated carbocycles. The second-order valence-corrected chi connectivity index (χ2v) is 5.99. The molecule has 0 unspecified atom stereocenters. The highest BCUT2D eigenvalue weighted by Crippen LogP contribution is 2.13. The topological polar surface area (TPSA) is 54.5 Å². The lowest BCUT2D eigenvalue weighted by Gasteiger charge is -2.31. The maximum absolute atomic E-state index is 11.9. The fraction of sp³-hybridized carbons (Fsp3) is 0.625. The van der Waals surface area contributed by atoms with Gasteiger partial charge in [0.1, 0.15) is 5.15 Å². The second-order valence-electron chi connectivity index (χ2n) is 5.60. The molecule has 1 aliphatic rings. The van der Waals surface area contributed by atoms with Gasteiger partial charge in [-0.2, -0.15) is 0 Å². The van der Waals surface area contributed by atoms with Gasteiger partial charge in [-0.15, -0.1) is 0 Å². The molecule has 1 saturated heterocycles. The van der Waals surface area contributed by atoms with Crippen molar-refractivity contribution in [2.45, 2.75) is 45.2 Å². The zero-order valence-corrected chi connectivity index (χ0v) is 13.8. The summed E-state index contributed by atoms with van der Waals surface area (Å²) in [6.45, 7) is 4.89. The number of pyridine rings is 1. The first-order valence-electron chi connectivity index (χ1n) is 7.94. The summed E-state index contributed by atoms with van der Waals surface area (Å²) in [6, 6.07) is 4.20. The number of nitrogens with zero attached hydrogens (tertiary/aromatic N) is 2. The summed E-state index contributed by atoms with van der Waals surface area (Å²) in [4.78, 5) is 17.7. The largest absolute Gasteiger partial charge is 0.449 e. The molecule has 0 aliphatic carbocycles. The number of nitrogens with one attached hydrogen (secondary N) is 1. The van der Waals surface area contributed by atoms with E-state index >= 15 is 0 Å². The lowest BCUT2D eigenvalue weighted by atomic mass is 10.1. The molecule has 0 bridgehead atoms. The van der Waals surface area contributed by atoms with Crippen molar-refractivity contribution in [3.05, 3.63) is 29.0 Å². The molecule has 1 aliphatic heterocycles. The Morgan fingerprint density at radius 1 is 1.45 bits per heavy atom. The van der Waals surface area contributed by atoms with Crippen molar-refractivity contribution < 1.29 is 9.53 Å². The number of aromatic nitrogens is 1. The van der Waals surface area contributed by atoms with Crippen LogP contribution < -0.4 is 5.32 Å². The zero-order chi connectivity index (χ0) is 15.8. The van der Waals surface area contributed by atoms with E-state index in [4.69, 9.17) is 16.3 Å². The third-order valence-corrected chi connectivity index (χ3v) is 4.08. The van der Waals surface area contributed by atoms with Crippen molar-refractivity contribution in [2.75, 3.05) is 19.7 Å². The monoisotopic (exact) mass is 325 g/mol. The maximum Gasteiger partial charge on any atom is 0.409 e. The highest BCUT2D eigenvalue weighted by molar-refractivity contribution is 6.29. The van der Waals surface area contributed by atoms with Crippen LogP contribution >= 0.6 is 11.6 Å². The summed E-state index contributed by atoms with van der Waals surface area (Å²) >= 11 is 5.77. The average Bonchev–Trinajstić information content (AvgIpc) is 2.55. The smallest absolute Gasteiger partial charge is 0.409 e. The van der Waals surface area contributed by atoms with Crippen molar-refractivity contribution in [1.82, 2.24) is 15.2 Å². The first-order chi connectivity index (χ1) is 10.7. The highest BCUT2D eigenvalue weighted by Gasteiger charge is 2.23. The van der Waals surface area contributed by atoms with Gasteiger partial charge >= 0.3 is 6.09 Å². The Hall–Kier alpha value is -1.33. The zero-order valence-electron chi connectivity index (χ0n) is 13.1. The number of carbonyl (C=O) groups is 1. The van der Waals surface area contributed by atoms with Crippen molar-refractivity contribution in [2.24, 2.45) is 0 Å². The van der Waals surface area contributed by atoms with E-state index in [2.05, 4.69) is 17.2 Å². The quantitative estimate of drug-likeness (QED) is 0.644. The van der Waals surface area contributed by atoms with Gasteiger partial charge in [0.2, 0.25) is 0 Å². The van der Waals surface area contributed by atoms with E-state index in [0.717, 1.165) is 50.9 Å². The van der Waals surface area contributed by atoms with Crippen molar-refractivity contribution in [1.29, 1.82) is 0 Å². The number of likely N-dealkylation sites (tertiary alicyclic amines) is 1. The number of carbonyl (C=O) groups excluding carboxylic acids is 1. The summed E-state index contributed by atoms with van der Waals surface area (Å²) in [5.74, 6) is 0. The van der Waals surface area contributed by atoms with Gasteiger partial charge in [0.25, 0.3) is 0 Å². The van der Waals surface area contributed by atoms with E-state index in [1.807, 2.05) is 6.07 Å². The molecule has 2 rings (SSSR count). The van der Waals surface area contributed by atoms with E-state index in [-0.39, 0.29) is 6.09 Å². The molecule has 0 aromatic carbocycles. The standard InChI is InChI=1S/C16H24ClN3O2/c1-2-3-10-22-16(21)20-8-6-14(7-9-20)18-11-13-4-5-15(17)19-12-13/h4-5,12,14,18H,2-3,6-11H2,1H3. The van der Waals surface area contributed by atoms with Gasteiger partial charge < -0.3 is 15.0 Å². The Morgan fingerprint density at radius 3 is 2.86 bits per heavy atom. The first-order valence-corrected chi connectivity index (χ1v) is 8.32. The molecule has 2 heterocycles. The van der Waals surface area contributed by atoms with E-state index < -0.39 is 0 Å². The highest BCUT2D eigenvalue weighted by atomic mass is 35.5. The minimum atomic E-state index is -0.172. The Morgan fingerprint density at radius 2 is 2.23 bits per heavy atom. The normalized spacial score (nSPS) is 15.8. The van der Waals surface area contributed by atoms with E-state index in [0.29, 0.717) is 17.8 Å². The van der Waals surface area contributed by atoms with Crippen LogP contribution in [0, 0.1) is 0 Å². The van der Waals surface area contributed by atoms with Crippen LogP contribution in [0.1, 0.15) is 38.2 Å². The number of unbranched alkanes of at least 4 members (excludes halogenated alkanes) is 1. The number of rotatable bonds is 6. The van der Waals surface area contributed by atoms with Crippen molar-refractivity contribution in [3.8, 4) is 0 Å². The Labute approximate surface area is 137 Å². The predicted octanol–water partition coefficient (Wildman–Crippen LogP) is 3.23. The van der Waals surface area contributed by atoms with Crippen LogP contribution in [0.25, 0.3) is 0 Å². The number of hydrogen-bond donors (Lipinski definition) is 1. The van der Waals surface area contributed by atoms with Crippen LogP contribution in [0.3, 0.4) is 0 Å². The summed E-state index contributed by atoms with van der Waals surface area (Å²) < 4.78 is 5.24. The van der Waals surface area contributed by atoms with Gasteiger partial charge in [0.15, 0.2) is 0 Å². The Balaban J connectivity index is 1.66. The SMILES string of the molecule is CCCCOC(=O)N1CCC(NCc2ccc(Cl)nc2)CC1. The van der Waals surface area contributed by atoms with Gasteiger partial charge in [0, 0.05) is 31.9 Å². The van der Waals surface area contributed by atoms with Crippen LogP contribution in [0.15, 0.2) is 18.3 Å². The molecule has 0 radical (unpaired) electrons. The Bertz CT molecular complexity index is 459. The van der Waals surface area contributed by atoms with E-state index in [1.165, 1.54) is 0 Å².